The van der Waals surface area contributed by atoms with Crippen LogP contribution in [0.1, 0.15) is 25.7 Å². The molecule has 0 aliphatic heterocycles. The highest BCUT2D eigenvalue weighted by atomic mass is 16.3. The molecule has 0 saturated heterocycles. The normalized spacial score (nSPS) is 29.4. The Kier molecular flexibility index (Phi) is 3.91. The van der Waals surface area contributed by atoms with Gasteiger partial charge < -0.3 is 5.11 Å². The number of aliphatic hydroxyl groups excluding tert-OH is 1. The van der Waals surface area contributed by atoms with Gasteiger partial charge in [-0.25, -0.2) is 0 Å². The molecule has 68 valence electrons. The summed E-state index contributed by atoms with van der Waals surface area (Å²) in [6.07, 6.45) is 4.37. The van der Waals surface area contributed by atoms with Gasteiger partial charge in [0.05, 0.1) is 0 Å². The summed E-state index contributed by atoms with van der Waals surface area (Å²) >= 11 is 0. The third-order valence-corrected chi connectivity index (χ3v) is 2.63. The van der Waals surface area contributed by atoms with E-state index < -0.39 is 0 Å². The average Bonchev–Trinajstić information content (AvgIpc) is 2.15. The maximum atomic E-state index is 8.87. The van der Waals surface area contributed by atoms with E-state index in [0.29, 0.717) is 25.0 Å². The minimum atomic E-state index is 0.314. The zero-order valence-electron chi connectivity index (χ0n) is 7.19. The lowest BCUT2D eigenvalue weighted by Crippen LogP contribution is -2.18. The summed E-state index contributed by atoms with van der Waals surface area (Å²) < 4.78 is 0. The van der Waals surface area contributed by atoms with Gasteiger partial charge in [-0.3, -0.25) is 0 Å². The number of aliphatic hydroxyl groups is 1. The molecular weight excluding hydrogens is 154 g/mol. The minimum absolute atomic E-state index is 0.314. The quantitative estimate of drug-likeness (QED) is 0.392. The van der Waals surface area contributed by atoms with Gasteiger partial charge in [0.15, 0.2) is 0 Å². The summed E-state index contributed by atoms with van der Waals surface area (Å²) in [5.41, 5.74) is 8.11. The van der Waals surface area contributed by atoms with E-state index in [1.807, 2.05) is 0 Å². The van der Waals surface area contributed by atoms with E-state index in [2.05, 4.69) is 10.0 Å². The first-order valence-corrected chi connectivity index (χ1v) is 4.48. The van der Waals surface area contributed by atoms with E-state index in [-0.39, 0.29) is 0 Å². The first-order valence-electron chi connectivity index (χ1n) is 4.48. The van der Waals surface area contributed by atoms with Crippen molar-refractivity contribution >= 4 is 0 Å². The number of hydrogen-bond acceptors (Lipinski definition) is 2. The summed E-state index contributed by atoms with van der Waals surface area (Å²) in [6, 6.07) is 0. The summed E-state index contributed by atoms with van der Waals surface area (Å²) in [4.78, 5) is 2.74. The number of rotatable bonds is 3. The highest BCUT2D eigenvalue weighted by Crippen LogP contribution is 2.28. The summed E-state index contributed by atoms with van der Waals surface area (Å²) in [6.45, 7) is 0.947. The molecule has 4 nitrogen and oxygen atoms in total. The molecule has 0 unspecified atom stereocenters. The van der Waals surface area contributed by atoms with Crippen molar-refractivity contribution in [3.63, 3.8) is 0 Å². The molecule has 0 amide bonds. The van der Waals surface area contributed by atoms with E-state index in [1.54, 1.807) is 0 Å². The van der Waals surface area contributed by atoms with E-state index in [0.717, 1.165) is 25.7 Å². The summed E-state index contributed by atoms with van der Waals surface area (Å²) in [5.74, 6) is 1.05. The number of nitrogens with zero attached hydrogens (tertiary/aromatic N) is 3. The third kappa shape index (κ3) is 2.72. The van der Waals surface area contributed by atoms with Crippen LogP contribution in [0.25, 0.3) is 10.4 Å². The largest absolute Gasteiger partial charge is 0.396 e. The average molecular weight is 169 g/mol. The molecule has 1 saturated carbocycles. The SMILES string of the molecule is [N-]=[N+]=NC[C@H]1CC[C@H](CO)CC1. The summed E-state index contributed by atoms with van der Waals surface area (Å²) in [7, 11) is 0. The lowest BCUT2D eigenvalue weighted by atomic mass is 9.82. The first kappa shape index (κ1) is 9.36. The molecule has 0 bridgehead atoms. The van der Waals surface area contributed by atoms with E-state index in [4.69, 9.17) is 10.6 Å². The first-order chi connectivity index (χ1) is 5.86. The third-order valence-electron chi connectivity index (χ3n) is 2.63. The topological polar surface area (TPSA) is 69.0 Å². The zero-order chi connectivity index (χ0) is 8.81. The molecule has 1 aliphatic rings. The molecule has 1 aliphatic carbocycles. The van der Waals surface area contributed by atoms with Crippen molar-refractivity contribution in [3.05, 3.63) is 10.4 Å². The number of hydrogen-bond donors (Lipinski definition) is 1. The van der Waals surface area contributed by atoms with Crippen LogP contribution in [-0.4, -0.2) is 18.3 Å². The van der Waals surface area contributed by atoms with Gasteiger partial charge in [-0.05, 0) is 43.1 Å². The highest BCUT2D eigenvalue weighted by molar-refractivity contribution is 4.73. The van der Waals surface area contributed by atoms with Crippen LogP contribution >= 0.6 is 0 Å². The van der Waals surface area contributed by atoms with Gasteiger partial charge in [-0.2, -0.15) is 0 Å². The van der Waals surface area contributed by atoms with Crippen LogP contribution in [0.2, 0.25) is 0 Å². The minimum Gasteiger partial charge on any atom is -0.396 e. The van der Waals surface area contributed by atoms with Crippen LogP contribution in [0.5, 0.6) is 0 Å². The van der Waals surface area contributed by atoms with Gasteiger partial charge in [-0.15, -0.1) is 0 Å². The molecule has 12 heavy (non-hydrogen) atoms. The fourth-order valence-electron chi connectivity index (χ4n) is 1.75. The standard InChI is InChI=1S/C8H15N3O/c9-11-10-5-7-1-3-8(6-12)4-2-7/h7-8,12H,1-6H2/t7-,8-. The van der Waals surface area contributed by atoms with Crippen molar-refractivity contribution in [2.45, 2.75) is 25.7 Å². The lowest BCUT2D eigenvalue weighted by Gasteiger charge is -2.25. The predicted octanol–water partition coefficient (Wildman–Crippen LogP) is 2.10. The van der Waals surface area contributed by atoms with Crippen molar-refractivity contribution in [1.29, 1.82) is 0 Å². The Hall–Kier alpha value is -0.730. The molecule has 0 radical (unpaired) electrons. The van der Waals surface area contributed by atoms with Gasteiger partial charge in [0.25, 0.3) is 0 Å². The van der Waals surface area contributed by atoms with Gasteiger partial charge >= 0.3 is 0 Å². The van der Waals surface area contributed by atoms with Gasteiger partial charge in [0.2, 0.25) is 0 Å². The van der Waals surface area contributed by atoms with Gasteiger partial charge in [0.1, 0.15) is 0 Å². The van der Waals surface area contributed by atoms with E-state index in [9.17, 15) is 0 Å². The Morgan fingerprint density at radius 2 is 1.83 bits per heavy atom. The van der Waals surface area contributed by atoms with Crippen LogP contribution in [-0.2, 0) is 0 Å². The Bertz CT molecular complexity index is 169. The smallest absolute Gasteiger partial charge is 0.0459 e. The fourth-order valence-corrected chi connectivity index (χ4v) is 1.75. The molecule has 1 rings (SSSR count). The van der Waals surface area contributed by atoms with Crippen LogP contribution in [0, 0.1) is 11.8 Å². The molecular formula is C8H15N3O. The van der Waals surface area contributed by atoms with Crippen LogP contribution < -0.4 is 0 Å². The fraction of sp³-hybridized carbons (Fsp3) is 1.00. The molecule has 1 N–H and O–H groups in total. The number of azide groups is 1. The second-order valence-electron chi connectivity index (χ2n) is 3.48. The lowest BCUT2D eigenvalue weighted by molar-refractivity contribution is 0.169. The van der Waals surface area contributed by atoms with Crippen molar-refractivity contribution in [1.82, 2.24) is 0 Å². The van der Waals surface area contributed by atoms with Crippen LogP contribution in [0.4, 0.5) is 0 Å². The summed E-state index contributed by atoms with van der Waals surface area (Å²) in [5, 5.41) is 12.4. The zero-order valence-corrected chi connectivity index (χ0v) is 7.19. The second-order valence-corrected chi connectivity index (χ2v) is 3.48. The van der Waals surface area contributed by atoms with Crippen molar-refractivity contribution in [3.8, 4) is 0 Å². The van der Waals surface area contributed by atoms with E-state index in [1.165, 1.54) is 0 Å². The van der Waals surface area contributed by atoms with Crippen molar-refractivity contribution in [2.75, 3.05) is 13.2 Å². The maximum absolute atomic E-state index is 8.87. The van der Waals surface area contributed by atoms with Crippen molar-refractivity contribution in [2.24, 2.45) is 17.0 Å². The van der Waals surface area contributed by atoms with Crippen LogP contribution in [0.15, 0.2) is 5.11 Å². The molecule has 0 aromatic rings. The molecule has 1 fully saturated rings. The predicted molar refractivity (Wildman–Crippen MR) is 46.5 cm³/mol. The molecule has 0 spiro atoms. The maximum Gasteiger partial charge on any atom is 0.0459 e. The molecule has 0 aromatic heterocycles. The second kappa shape index (κ2) is 5.01. The molecule has 4 heteroatoms. The Morgan fingerprint density at radius 1 is 1.25 bits per heavy atom. The van der Waals surface area contributed by atoms with Crippen LogP contribution in [0.3, 0.4) is 0 Å². The molecule has 0 atom stereocenters. The van der Waals surface area contributed by atoms with Crippen molar-refractivity contribution < 1.29 is 5.11 Å². The van der Waals surface area contributed by atoms with E-state index >= 15 is 0 Å². The Balaban J connectivity index is 2.21. The van der Waals surface area contributed by atoms with Gasteiger partial charge in [-0.1, -0.05) is 5.11 Å². The molecule has 0 heterocycles. The molecule has 0 aromatic carbocycles. The monoisotopic (exact) mass is 169 g/mol. The Morgan fingerprint density at radius 3 is 2.33 bits per heavy atom. The van der Waals surface area contributed by atoms with Gasteiger partial charge in [0, 0.05) is 18.1 Å². The Labute approximate surface area is 72.2 Å². The highest BCUT2D eigenvalue weighted by Gasteiger charge is 2.19.